The topological polar surface area (TPSA) is 51.7 Å². The normalized spacial score (nSPS) is 14.9. The summed E-state index contributed by atoms with van der Waals surface area (Å²) < 4.78 is 10.4. The molecular weight excluding hydrogens is 300 g/mol. The van der Waals surface area contributed by atoms with Crippen LogP contribution in [0.1, 0.15) is 5.01 Å². The minimum absolute atomic E-state index is 0.124. The van der Waals surface area contributed by atoms with Crippen LogP contribution in [-0.2, 0) is 16.0 Å². The summed E-state index contributed by atoms with van der Waals surface area (Å²) in [5, 5.41) is 2.84. The number of morpholine rings is 1. The van der Waals surface area contributed by atoms with Crippen LogP contribution < -0.4 is 4.74 Å². The summed E-state index contributed by atoms with van der Waals surface area (Å²) in [6, 6.07) is 7.77. The van der Waals surface area contributed by atoms with Crippen molar-refractivity contribution in [2.45, 2.75) is 6.42 Å². The first-order valence-electron chi connectivity index (χ1n) is 7.20. The number of rotatable bonds is 4. The molecule has 0 bridgehead atoms. The van der Waals surface area contributed by atoms with E-state index in [1.807, 2.05) is 34.5 Å². The molecule has 0 radical (unpaired) electrons. The molecule has 0 unspecified atom stereocenters. The van der Waals surface area contributed by atoms with Crippen LogP contribution in [0, 0.1) is 0 Å². The zero-order chi connectivity index (χ0) is 15.4. The summed E-state index contributed by atoms with van der Waals surface area (Å²) in [7, 11) is 1.65. The van der Waals surface area contributed by atoms with Crippen molar-refractivity contribution in [2.75, 3.05) is 33.4 Å². The van der Waals surface area contributed by atoms with Gasteiger partial charge in [-0.25, -0.2) is 4.98 Å². The molecule has 0 saturated carbocycles. The summed E-state index contributed by atoms with van der Waals surface area (Å²) >= 11 is 1.53. The van der Waals surface area contributed by atoms with Crippen LogP contribution in [-0.4, -0.2) is 49.2 Å². The quantitative estimate of drug-likeness (QED) is 0.867. The standard InChI is InChI=1S/C16H18N2O3S/c1-20-13-4-2-12(3-5-13)14-11-22-15(17-14)10-16(19)18-6-8-21-9-7-18/h2-5,11H,6-10H2,1H3. The molecule has 0 spiro atoms. The van der Waals surface area contributed by atoms with Gasteiger partial charge in [0.15, 0.2) is 0 Å². The average molecular weight is 318 g/mol. The number of carbonyl (C=O) groups is 1. The van der Waals surface area contributed by atoms with E-state index in [-0.39, 0.29) is 5.91 Å². The lowest BCUT2D eigenvalue weighted by Gasteiger charge is -2.26. The highest BCUT2D eigenvalue weighted by atomic mass is 32.1. The van der Waals surface area contributed by atoms with Gasteiger partial charge in [0.1, 0.15) is 10.8 Å². The minimum atomic E-state index is 0.124. The maximum atomic E-state index is 12.2. The van der Waals surface area contributed by atoms with Crippen LogP contribution in [0.4, 0.5) is 0 Å². The van der Waals surface area contributed by atoms with Gasteiger partial charge in [-0.2, -0.15) is 0 Å². The smallest absolute Gasteiger partial charge is 0.229 e. The number of nitrogens with zero attached hydrogens (tertiary/aromatic N) is 2. The van der Waals surface area contributed by atoms with Crippen molar-refractivity contribution in [1.82, 2.24) is 9.88 Å². The molecule has 1 aliphatic heterocycles. The van der Waals surface area contributed by atoms with Crippen LogP contribution >= 0.6 is 11.3 Å². The fraction of sp³-hybridized carbons (Fsp3) is 0.375. The lowest BCUT2D eigenvalue weighted by atomic mass is 10.2. The largest absolute Gasteiger partial charge is 0.497 e. The van der Waals surface area contributed by atoms with Crippen molar-refractivity contribution in [2.24, 2.45) is 0 Å². The van der Waals surface area contributed by atoms with Gasteiger partial charge in [-0.3, -0.25) is 4.79 Å². The van der Waals surface area contributed by atoms with E-state index in [4.69, 9.17) is 9.47 Å². The number of amides is 1. The maximum Gasteiger partial charge on any atom is 0.229 e. The second-order valence-corrected chi connectivity index (χ2v) is 5.97. The van der Waals surface area contributed by atoms with Crippen LogP contribution in [0.15, 0.2) is 29.6 Å². The van der Waals surface area contributed by atoms with E-state index in [1.54, 1.807) is 7.11 Å². The SMILES string of the molecule is COc1ccc(-c2csc(CC(=O)N3CCOCC3)n2)cc1. The van der Waals surface area contributed by atoms with Gasteiger partial charge >= 0.3 is 0 Å². The van der Waals surface area contributed by atoms with E-state index < -0.39 is 0 Å². The third-order valence-corrected chi connectivity index (χ3v) is 4.45. The molecule has 116 valence electrons. The molecule has 1 fully saturated rings. The Kier molecular flexibility index (Phi) is 4.70. The van der Waals surface area contributed by atoms with E-state index >= 15 is 0 Å². The number of thiazole rings is 1. The summed E-state index contributed by atoms with van der Waals surface area (Å²) in [6.07, 6.45) is 0.362. The zero-order valence-electron chi connectivity index (χ0n) is 12.4. The number of aromatic nitrogens is 1. The van der Waals surface area contributed by atoms with Gasteiger partial charge in [-0.1, -0.05) is 0 Å². The molecular formula is C16H18N2O3S. The fourth-order valence-corrected chi connectivity index (χ4v) is 3.13. The molecule has 1 aliphatic rings. The van der Waals surface area contributed by atoms with Gasteiger partial charge in [0, 0.05) is 24.0 Å². The molecule has 2 aromatic rings. The van der Waals surface area contributed by atoms with Gasteiger partial charge in [0.2, 0.25) is 5.91 Å². The Hall–Kier alpha value is -1.92. The van der Waals surface area contributed by atoms with Gasteiger partial charge in [-0.05, 0) is 24.3 Å². The van der Waals surface area contributed by atoms with Crippen molar-refractivity contribution >= 4 is 17.2 Å². The molecule has 1 aromatic heterocycles. The lowest BCUT2D eigenvalue weighted by molar-refractivity contribution is -0.134. The Morgan fingerprint density at radius 3 is 2.73 bits per heavy atom. The van der Waals surface area contributed by atoms with E-state index in [9.17, 15) is 4.79 Å². The maximum absolute atomic E-state index is 12.2. The van der Waals surface area contributed by atoms with Crippen molar-refractivity contribution in [3.8, 4) is 17.0 Å². The van der Waals surface area contributed by atoms with E-state index in [2.05, 4.69) is 4.98 Å². The second kappa shape index (κ2) is 6.89. The van der Waals surface area contributed by atoms with E-state index in [0.29, 0.717) is 32.7 Å². The molecule has 5 nitrogen and oxygen atoms in total. The Labute approximate surface area is 133 Å². The summed E-state index contributed by atoms with van der Waals surface area (Å²) in [5.74, 6) is 0.945. The van der Waals surface area contributed by atoms with Crippen molar-refractivity contribution < 1.29 is 14.3 Å². The number of benzene rings is 1. The molecule has 1 aromatic carbocycles. The summed E-state index contributed by atoms with van der Waals surface area (Å²) in [6.45, 7) is 2.60. The number of methoxy groups -OCH3 is 1. The average Bonchev–Trinajstić information content (AvgIpc) is 3.04. The van der Waals surface area contributed by atoms with Crippen LogP contribution in [0.3, 0.4) is 0 Å². The lowest BCUT2D eigenvalue weighted by Crippen LogP contribution is -2.41. The number of ether oxygens (including phenoxy) is 2. The fourth-order valence-electron chi connectivity index (χ4n) is 2.34. The van der Waals surface area contributed by atoms with Crippen LogP contribution in [0.25, 0.3) is 11.3 Å². The molecule has 0 aliphatic carbocycles. The van der Waals surface area contributed by atoms with E-state index in [1.165, 1.54) is 11.3 Å². The Morgan fingerprint density at radius 2 is 2.05 bits per heavy atom. The number of hydrogen-bond acceptors (Lipinski definition) is 5. The molecule has 1 saturated heterocycles. The highest BCUT2D eigenvalue weighted by molar-refractivity contribution is 7.10. The van der Waals surface area contributed by atoms with E-state index in [0.717, 1.165) is 22.0 Å². The van der Waals surface area contributed by atoms with Crippen molar-refractivity contribution in [3.05, 3.63) is 34.7 Å². The molecule has 0 N–H and O–H groups in total. The van der Waals surface area contributed by atoms with Crippen LogP contribution in [0.5, 0.6) is 5.75 Å². The molecule has 0 atom stereocenters. The second-order valence-electron chi connectivity index (χ2n) is 5.02. The Morgan fingerprint density at radius 1 is 1.32 bits per heavy atom. The molecule has 2 heterocycles. The molecule has 1 amide bonds. The third-order valence-electron chi connectivity index (χ3n) is 3.60. The van der Waals surface area contributed by atoms with Gasteiger partial charge in [-0.15, -0.1) is 11.3 Å². The number of hydrogen-bond donors (Lipinski definition) is 0. The highest BCUT2D eigenvalue weighted by Crippen LogP contribution is 2.24. The monoisotopic (exact) mass is 318 g/mol. The minimum Gasteiger partial charge on any atom is -0.497 e. The van der Waals surface area contributed by atoms with Crippen LogP contribution in [0.2, 0.25) is 0 Å². The summed E-state index contributed by atoms with van der Waals surface area (Å²) in [4.78, 5) is 18.6. The van der Waals surface area contributed by atoms with Gasteiger partial charge < -0.3 is 14.4 Å². The predicted octanol–water partition coefficient (Wildman–Crippen LogP) is 2.22. The predicted molar refractivity (Wildman–Crippen MR) is 85.2 cm³/mol. The van der Waals surface area contributed by atoms with Gasteiger partial charge in [0.05, 0.1) is 32.4 Å². The first-order valence-corrected chi connectivity index (χ1v) is 8.08. The molecule has 22 heavy (non-hydrogen) atoms. The third kappa shape index (κ3) is 3.45. The molecule has 6 heteroatoms. The summed E-state index contributed by atoms with van der Waals surface area (Å²) in [5.41, 5.74) is 1.93. The van der Waals surface area contributed by atoms with Gasteiger partial charge in [0.25, 0.3) is 0 Å². The molecule has 3 rings (SSSR count). The van der Waals surface area contributed by atoms with Crippen molar-refractivity contribution in [1.29, 1.82) is 0 Å². The highest BCUT2D eigenvalue weighted by Gasteiger charge is 2.18. The first kappa shape index (κ1) is 15.0. The first-order chi connectivity index (χ1) is 10.8. The Bertz CT molecular complexity index is 633. The van der Waals surface area contributed by atoms with Crippen molar-refractivity contribution in [3.63, 3.8) is 0 Å². The zero-order valence-corrected chi connectivity index (χ0v) is 13.3. The Balaban J connectivity index is 1.66. The number of carbonyl (C=O) groups excluding carboxylic acids is 1.